The van der Waals surface area contributed by atoms with Gasteiger partial charge in [0.1, 0.15) is 6.61 Å². The number of pyridine rings is 1. The highest BCUT2D eigenvalue weighted by molar-refractivity contribution is 5.19. The molecule has 1 aromatic heterocycles. The quantitative estimate of drug-likeness (QED) is 0.849. The number of nitrogens with one attached hydrogen (secondary N) is 1. The van der Waals surface area contributed by atoms with E-state index in [1.165, 1.54) is 19.3 Å². The number of rotatable bonds is 5. The molecule has 0 saturated carbocycles. The van der Waals surface area contributed by atoms with Crippen molar-refractivity contribution in [1.29, 1.82) is 0 Å². The summed E-state index contributed by atoms with van der Waals surface area (Å²) in [7, 11) is 0. The molecule has 4 nitrogen and oxygen atoms in total. The number of hydrogen-bond acceptors (Lipinski definition) is 4. The Balaban J connectivity index is 1.83. The molecular formula is C13H20N2O2. The lowest BCUT2D eigenvalue weighted by Gasteiger charge is -2.23. The molecule has 94 valence electrons. The Bertz CT molecular complexity index is 338. The second-order valence-electron chi connectivity index (χ2n) is 4.20. The van der Waals surface area contributed by atoms with E-state index in [1.807, 2.05) is 25.1 Å². The van der Waals surface area contributed by atoms with Crippen molar-refractivity contribution in [2.75, 3.05) is 19.8 Å². The highest BCUT2D eigenvalue weighted by Crippen LogP contribution is 2.14. The molecular weight excluding hydrogens is 216 g/mol. The highest BCUT2D eigenvalue weighted by Gasteiger charge is 2.13. The number of piperidine rings is 1. The number of ether oxygens (including phenoxy) is 2. The van der Waals surface area contributed by atoms with Gasteiger partial charge in [-0.15, -0.1) is 0 Å². The van der Waals surface area contributed by atoms with Gasteiger partial charge in [-0.25, -0.2) is 0 Å². The summed E-state index contributed by atoms with van der Waals surface area (Å²) >= 11 is 0. The highest BCUT2D eigenvalue weighted by atomic mass is 16.5. The Morgan fingerprint density at radius 2 is 2.12 bits per heavy atom. The minimum Gasteiger partial charge on any atom is -0.478 e. The van der Waals surface area contributed by atoms with Gasteiger partial charge in [0.2, 0.25) is 11.8 Å². The van der Waals surface area contributed by atoms with Gasteiger partial charge in [-0.05, 0) is 26.3 Å². The topological polar surface area (TPSA) is 43.4 Å². The molecule has 0 aromatic carbocycles. The molecule has 1 saturated heterocycles. The van der Waals surface area contributed by atoms with E-state index < -0.39 is 0 Å². The van der Waals surface area contributed by atoms with Crippen LogP contribution in [0, 0.1) is 0 Å². The number of hydrogen-bond donors (Lipinski definition) is 1. The summed E-state index contributed by atoms with van der Waals surface area (Å²) < 4.78 is 11.0. The SMILES string of the molecule is CCOc1cccc(OCC2CCCCN2)n1. The molecule has 1 atom stereocenters. The molecule has 0 spiro atoms. The summed E-state index contributed by atoms with van der Waals surface area (Å²) in [5, 5.41) is 3.45. The van der Waals surface area contributed by atoms with E-state index in [9.17, 15) is 0 Å². The summed E-state index contributed by atoms with van der Waals surface area (Å²) in [5.41, 5.74) is 0. The van der Waals surface area contributed by atoms with Gasteiger partial charge in [0.25, 0.3) is 0 Å². The maximum Gasteiger partial charge on any atom is 0.216 e. The van der Waals surface area contributed by atoms with Gasteiger partial charge in [0.15, 0.2) is 0 Å². The molecule has 17 heavy (non-hydrogen) atoms. The molecule has 0 radical (unpaired) electrons. The smallest absolute Gasteiger partial charge is 0.216 e. The van der Waals surface area contributed by atoms with Gasteiger partial charge in [0.05, 0.1) is 6.61 Å². The molecule has 0 bridgehead atoms. The number of aromatic nitrogens is 1. The minimum atomic E-state index is 0.460. The third-order valence-electron chi connectivity index (χ3n) is 2.83. The van der Waals surface area contributed by atoms with Crippen LogP contribution in [0.5, 0.6) is 11.8 Å². The summed E-state index contributed by atoms with van der Waals surface area (Å²) in [5.74, 6) is 1.27. The maximum absolute atomic E-state index is 5.68. The van der Waals surface area contributed by atoms with E-state index in [0.717, 1.165) is 6.54 Å². The van der Waals surface area contributed by atoms with Crippen LogP contribution in [0.4, 0.5) is 0 Å². The first-order valence-electron chi connectivity index (χ1n) is 6.34. The zero-order chi connectivity index (χ0) is 11.9. The first kappa shape index (κ1) is 12.2. The van der Waals surface area contributed by atoms with Crippen LogP contribution in [0.15, 0.2) is 18.2 Å². The third-order valence-corrected chi connectivity index (χ3v) is 2.83. The summed E-state index contributed by atoms with van der Waals surface area (Å²) in [4.78, 5) is 4.27. The predicted molar refractivity (Wildman–Crippen MR) is 66.5 cm³/mol. The Morgan fingerprint density at radius 1 is 1.29 bits per heavy atom. The van der Waals surface area contributed by atoms with Crippen molar-refractivity contribution in [2.45, 2.75) is 32.2 Å². The maximum atomic E-state index is 5.68. The summed E-state index contributed by atoms with van der Waals surface area (Å²) in [6.07, 6.45) is 3.74. The van der Waals surface area contributed by atoms with Crippen LogP contribution in [0.2, 0.25) is 0 Å². The molecule has 1 unspecified atom stereocenters. The van der Waals surface area contributed by atoms with E-state index >= 15 is 0 Å². The fourth-order valence-corrected chi connectivity index (χ4v) is 1.96. The fourth-order valence-electron chi connectivity index (χ4n) is 1.96. The second kappa shape index (κ2) is 6.45. The van der Waals surface area contributed by atoms with Crippen molar-refractivity contribution in [3.8, 4) is 11.8 Å². The van der Waals surface area contributed by atoms with Gasteiger partial charge in [-0.1, -0.05) is 12.5 Å². The Hall–Kier alpha value is -1.29. The largest absolute Gasteiger partial charge is 0.478 e. The average molecular weight is 236 g/mol. The first-order valence-corrected chi connectivity index (χ1v) is 6.34. The molecule has 2 heterocycles. The van der Waals surface area contributed by atoms with Crippen LogP contribution in [0.3, 0.4) is 0 Å². The van der Waals surface area contributed by atoms with E-state index in [2.05, 4.69) is 10.3 Å². The van der Waals surface area contributed by atoms with E-state index in [1.54, 1.807) is 0 Å². The zero-order valence-electron chi connectivity index (χ0n) is 10.3. The van der Waals surface area contributed by atoms with Gasteiger partial charge >= 0.3 is 0 Å². The molecule has 1 aliphatic rings. The van der Waals surface area contributed by atoms with Crippen LogP contribution in [0.25, 0.3) is 0 Å². The molecule has 4 heteroatoms. The summed E-state index contributed by atoms with van der Waals surface area (Å²) in [6, 6.07) is 6.07. The van der Waals surface area contributed by atoms with Gasteiger partial charge in [-0.2, -0.15) is 4.98 Å². The van der Waals surface area contributed by atoms with Crippen molar-refractivity contribution in [3.63, 3.8) is 0 Å². The van der Waals surface area contributed by atoms with Crippen molar-refractivity contribution in [3.05, 3.63) is 18.2 Å². The Morgan fingerprint density at radius 3 is 2.82 bits per heavy atom. The zero-order valence-corrected chi connectivity index (χ0v) is 10.3. The molecule has 2 rings (SSSR count). The lowest BCUT2D eigenvalue weighted by Crippen LogP contribution is -2.38. The second-order valence-corrected chi connectivity index (χ2v) is 4.20. The first-order chi connectivity index (χ1) is 8.38. The molecule has 1 aliphatic heterocycles. The van der Waals surface area contributed by atoms with Crippen LogP contribution >= 0.6 is 0 Å². The molecule has 1 fully saturated rings. The van der Waals surface area contributed by atoms with Crippen molar-refractivity contribution >= 4 is 0 Å². The number of nitrogens with zero attached hydrogens (tertiary/aromatic N) is 1. The minimum absolute atomic E-state index is 0.460. The Labute approximate surface area is 102 Å². The standard InChI is InChI=1S/C13H20N2O2/c1-2-16-12-7-5-8-13(15-12)17-10-11-6-3-4-9-14-11/h5,7-8,11,14H,2-4,6,9-10H2,1H3. The lowest BCUT2D eigenvalue weighted by molar-refractivity contribution is 0.228. The molecule has 0 amide bonds. The normalized spacial score (nSPS) is 19.9. The summed E-state index contributed by atoms with van der Waals surface area (Å²) in [6.45, 7) is 4.35. The van der Waals surface area contributed by atoms with Crippen LogP contribution in [-0.4, -0.2) is 30.8 Å². The molecule has 1 N–H and O–H groups in total. The molecule has 1 aromatic rings. The van der Waals surface area contributed by atoms with E-state index in [4.69, 9.17) is 9.47 Å². The van der Waals surface area contributed by atoms with Crippen molar-refractivity contribution in [1.82, 2.24) is 10.3 Å². The van der Waals surface area contributed by atoms with Gasteiger partial charge in [0, 0.05) is 18.2 Å². The van der Waals surface area contributed by atoms with Crippen LogP contribution in [0.1, 0.15) is 26.2 Å². The van der Waals surface area contributed by atoms with E-state index in [-0.39, 0.29) is 0 Å². The Kier molecular flexibility index (Phi) is 4.62. The van der Waals surface area contributed by atoms with Crippen molar-refractivity contribution in [2.24, 2.45) is 0 Å². The third kappa shape index (κ3) is 3.89. The average Bonchev–Trinajstić information content (AvgIpc) is 2.39. The lowest BCUT2D eigenvalue weighted by atomic mass is 10.1. The van der Waals surface area contributed by atoms with Gasteiger partial charge < -0.3 is 14.8 Å². The monoisotopic (exact) mass is 236 g/mol. The van der Waals surface area contributed by atoms with Crippen molar-refractivity contribution < 1.29 is 9.47 Å². The predicted octanol–water partition coefficient (Wildman–Crippen LogP) is 2.00. The van der Waals surface area contributed by atoms with E-state index in [0.29, 0.717) is 31.0 Å². The fraction of sp³-hybridized carbons (Fsp3) is 0.615. The molecule has 0 aliphatic carbocycles. The van der Waals surface area contributed by atoms with Gasteiger partial charge in [-0.3, -0.25) is 0 Å². The van der Waals surface area contributed by atoms with Crippen LogP contribution < -0.4 is 14.8 Å². The van der Waals surface area contributed by atoms with Crippen LogP contribution in [-0.2, 0) is 0 Å².